The molecule has 5 nitrogen and oxygen atoms in total. The van der Waals surface area contributed by atoms with Gasteiger partial charge in [0.25, 0.3) is 5.91 Å². The summed E-state index contributed by atoms with van der Waals surface area (Å²) in [5.74, 6) is 0.486. The molecular weight excluding hydrogens is 398 g/mol. The Balaban J connectivity index is 2.21. The van der Waals surface area contributed by atoms with Crippen molar-refractivity contribution in [3.05, 3.63) is 51.0 Å². The number of aryl methyl sites for hydroxylation is 3. The SMILES string of the molecule is COc1cc(Br)c(C=O)cc1O[C@@H](C)C(=O)Nc1c(C)cc(C)cc1C. The number of anilines is 1. The van der Waals surface area contributed by atoms with Crippen molar-refractivity contribution in [3.63, 3.8) is 0 Å². The van der Waals surface area contributed by atoms with Gasteiger partial charge in [0, 0.05) is 15.7 Å². The van der Waals surface area contributed by atoms with Gasteiger partial charge in [-0.1, -0.05) is 17.7 Å². The lowest BCUT2D eigenvalue weighted by Gasteiger charge is -2.19. The lowest BCUT2D eigenvalue weighted by atomic mass is 10.0. The fourth-order valence-electron chi connectivity index (χ4n) is 2.74. The first-order valence-corrected chi connectivity index (χ1v) is 8.94. The molecule has 0 aliphatic heterocycles. The fourth-order valence-corrected chi connectivity index (χ4v) is 3.15. The molecule has 0 aromatic heterocycles. The molecule has 0 bridgehead atoms. The number of nitrogens with one attached hydrogen (secondary N) is 1. The van der Waals surface area contributed by atoms with Crippen LogP contribution < -0.4 is 14.8 Å². The molecule has 1 amide bonds. The average Bonchev–Trinajstić information content (AvgIpc) is 2.58. The number of methoxy groups -OCH3 is 1. The second-order valence-electron chi connectivity index (χ2n) is 6.17. The molecule has 2 aromatic rings. The number of halogens is 1. The predicted octanol–water partition coefficient (Wildman–Crippen LogP) is 4.60. The summed E-state index contributed by atoms with van der Waals surface area (Å²) in [5, 5.41) is 2.92. The molecule has 2 rings (SSSR count). The number of hydrogen-bond donors (Lipinski definition) is 1. The zero-order valence-electron chi connectivity index (χ0n) is 15.5. The monoisotopic (exact) mass is 419 g/mol. The number of rotatable bonds is 6. The van der Waals surface area contributed by atoms with Crippen LogP contribution in [0, 0.1) is 20.8 Å². The van der Waals surface area contributed by atoms with Gasteiger partial charge < -0.3 is 14.8 Å². The Bertz CT molecular complexity index is 825. The number of carbonyl (C=O) groups is 2. The summed E-state index contributed by atoms with van der Waals surface area (Å²) in [6, 6.07) is 7.21. The van der Waals surface area contributed by atoms with Gasteiger partial charge in [0.15, 0.2) is 23.9 Å². The van der Waals surface area contributed by atoms with E-state index >= 15 is 0 Å². The van der Waals surface area contributed by atoms with Crippen LogP contribution in [0.15, 0.2) is 28.7 Å². The lowest BCUT2D eigenvalue weighted by Crippen LogP contribution is -2.30. The Morgan fingerprint density at radius 3 is 2.27 bits per heavy atom. The van der Waals surface area contributed by atoms with Crippen molar-refractivity contribution < 1.29 is 19.1 Å². The first-order valence-electron chi connectivity index (χ1n) is 8.15. The van der Waals surface area contributed by atoms with E-state index in [2.05, 4.69) is 21.2 Å². The highest BCUT2D eigenvalue weighted by atomic mass is 79.9. The van der Waals surface area contributed by atoms with E-state index in [1.807, 2.05) is 32.9 Å². The largest absolute Gasteiger partial charge is 0.493 e. The zero-order valence-corrected chi connectivity index (χ0v) is 17.1. The Hall–Kier alpha value is -2.34. The Morgan fingerprint density at radius 2 is 1.73 bits per heavy atom. The van der Waals surface area contributed by atoms with Gasteiger partial charge in [-0.05, 0) is 66.9 Å². The minimum atomic E-state index is -0.773. The molecule has 6 heteroatoms. The van der Waals surface area contributed by atoms with Crippen LogP contribution in [0.4, 0.5) is 5.69 Å². The van der Waals surface area contributed by atoms with E-state index in [-0.39, 0.29) is 5.91 Å². The van der Waals surface area contributed by atoms with E-state index in [0.29, 0.717) is 27.8 Å². The summed E-state index contributed by atoms with van der Waals surface area (Å²) in [4.78, 5) is 23.7. The molecule has 0 unspecified atom stereocenters. The highest BCUT2D eigenvalue weighted by Crippen LogP contribution is 2.33. The normalized spacial score (nSPS) is 11.6. The Kier molecular flexibility index (Phi) is 6.42. The van der Waals surface area contributed by atoms with Crippen molar-refractivity contribution >= 4 is 33.8 Å². The standard InChI is InChI=1S/C20H22BrNO4/c1-11-6-12(2)19(13(3)7-11)22-20(24)14(4)26-18-8-15(10-23)16(21)9-17(18)25-5/h6-10,14H,1-5H3,(H,22,24)/t14-/m0/s1. The Labute approximate surface area is 161 Å². The van der Waals surface area contributed by atoms with Crippen molar-refractivity contribution in [1.82, 2.24) is 0 Å². The maximum Gasteiger partial charge on any atom is 0.265 e. The van der Waals surface area contributed by atoms with E-state index in [4.69, 9.17) is 9.47 Å². The Morgan fingerprint density at radius 1 is 1.12 bits per heavy atom. The van der Waals surface area contributed by atoms with Gasteiger partial charge in [0.1, 0.15) is 0 Å². The quantitative estimate of drug-likeness (QED) is 0.694. The smallest absolute Gasteiger partial charge is 0.265 e. The average molecular weight is 420 g/mol. The minimum absolute atomic E-state index is 0.280. The van der Waals surface area contributed by atoms with Crippen molar-refractivity contribution in [3.8, 4) is 11.5 Å². The van der Waals surface area contributed by atoms with Crippen LogP contribution in [0.25, 0.3) is 0 Å². The van der Waals surface area contributed by atoms with Crippen LogP contribution in [0.1, 0.15) is 34.0 Å². The molecule has 0 aliphatic carbocycles. The fraction of sp³-hybridized carbons (Fsp3) is 0.300. The topological polar surface area (TPSA) is 64.6 Å². The van der Waals surface area contributed by atoms with E-state index in [1.54, 1.807) is 19.1 Å². The van der Waals surface area contributed by atoms with Crippen molar-refractivity contribution in [1.29, 1.82) is 0 Å². The number of ether oxygens (including phenoxy) is 2. The van der Waals surface area contributed by atoms with Gasteiger partial charge >= 0.3 is 0 Å². The first-order chi connectivity index (χ1) is 12.3. The number of amides is 1. The first kappa shape index (κ1) is 20.0. The van der Waals surface area contributed by atoms with Crippen LogP contribution in [-0.4, -0.2) is 25.4 Å². The predicted molar refractivity (Wildman–Crippen MR) is 105 cm³/mol. The van der Waals surface area contributed by atoms with Gasteiger partial charge in [-0.25, -0.2) is 0 Å². The van der Waals surface area contributed by atoms with Gasteiger partial charge in [0.05, 0.1) is 7.11 Å². The second kappa shape index (κ2) is 8.36. The molecule has 1 N–H and O–H groups in total. The molecule has 0 spiro atoms. The van der Waals surface area contributed by atoms with Crippen LogP contribution in [0.3, 0.4) is 0 Å². The third kappa shape index (κ3) is 4.43. The van der Waals surface area contributed by atoms with E-state index in [0.717, 1.165) is 22.4 Å². The minimum Gasteiger partial charge on any atom is -0.493 e. The number of hydrogen-bond acceptors (Lipinski definition) is 4. The van der Waals surface area contributed by atoms with Gasteiger partial charge in [-0.15, -0.1) is 0 Å². The summed E-state index contributed by atoms with van der Waals surface area (Å²) < 4.78 is 11.6. The number of aldehydes is 1. The van der Waals surface area contributed by atoms with Crippen LogP contribution in [-0.2, 0) is 4.79 Å². The highest BCUT2D eigenvalue weighted by Gasteiger charge is 2.20. The van der Waals surface area contributed by atoms with Crippen molar-refractivity contribution in [2.45, 2.75) is 33.8 Å². The number of benzene rings is 2. The molecule has 26 heavy (non-hydrogen) atoms. The molecule has 0 fully saturated rings. The summed E-state index contributed by atoms with van der Waals surface area (Å²) >= 11 is 3.30. The van der Waals surface area contributed by atoms with Gasteiger partial charge in [0.2, 0.25) is 0 Å². The molecule has 0 aliphatic rings. The van der Waals surface area contributed by atoms with Crippen LogP contribution in [0.5, 0.6) is 11.5 Å². The van der Waals surface area contributed by atoms with Crippen LogP contribution in [0.2, 0.25) is 0 Å². The highest BCUT2D eigenvalue weighted by molar-refractivity contribution is 9.10. The molecule has 2 aromatic carbocycles. The summed E-state index contributed by atoms with van der Waals surface area (Å²) in [6.07, 6.45) is -0.0650. The summed E-state index contributed by atoms with van der Waals surface area (Å²) in [7, 11) is 1.50. The summed E-state index contributed by atoms with van der Waals surface area (Å²) in [5.41, 5.74) is 4.33. The zero-order chi connectivity index (χ0) is 19.4. The van der Waals surface area contributed by atoms with E-state index in [1.165, 1.54) is 7.11 Å². The van der Waals surface area contributed by atoms with Crippen molar-refractivity contribution in [2.75, 3.05) is 12.4 Å². The van der Waals surface area contributed by atoms with Gasteiger partial charge in [-0.3, -0.25) is 9.59 Å². The lowest BCUT2D eigenvalue weighted by molar-refractivity contribution is -0.122. The third-order valence-corrected chi connectivity index (χ3v) is 4.69. The van der Waals surface area contributed by atoms with Gasteiger partial charge in [-0.2, -0.15) is 0 Å². The second-order valence-corrected chi connectivity index (χ2v) is 7.02. The molecule has 0 saturated heterocycles. The van der Waals surface area contributed by atoms with Crippen molar-refractivity contribution in [2.24, 2.45) is 0 Å². The molecule has 1 atom stereocenters. The summed E-state index contributed by atoms with van der Waals surface area (Å²) in [6.45, 7) is 7.57. The molecule has 0 radical (unpaired) electrons. The van der Waals surface area contributed by atoms with Crippen LogP contribution >= 0.6 is 15.9 Å². The molecule has 138 valence electrons. The molecular formula is C20H22BrNO4. The van der Waals surface area contributed by atoms with E-state index in [9.17, 15) is 9.59 Å². The van der Waals surface area contributed by atoms with E-state index < -0.39 is 6.10 Å². The molecule has 0 heterocycles. The maximum absolute atomic E-state index is 12.6. The third-order valence-electron chi connectivity index (χ3n) is 4.01. The maximum atomic E-state index is 12.6. The molecule has 0 saturated carbocycles. The number of carbonyl (C=O) groups excluding carboxylic acids is 2.